The molecule has 14 heavy (non-hydrogen) atoms. The highest BCUT2D eigenvalue weighted by Crippen LogP contribution is 2.10. The van der Waals surface area contributed by atoms with Crippen molar-refractivity contribution >= 4 is 17.4 Å². The average molecular weight is 211 g/mol. The first-order valence-electron chi connectivity index (χ1n) is 4.42. The topological polar surface area (TPSA) is 33.6 Å². The lowest BCUT2D eigenvalue weighted by Gasteiger charge is -2.00. The van der Waals surface area contributed by atoms with Gasteiger partial charge in [-0.1, -0.05) is 29.8 Å². The molecule has 1 heterocycles. The number of hydroxylamine groups is 1. The Morgan fingerprint density at radius 2 is 2.14 bits per heavy atom. The van der Waals surface area contributed by atoms with Gasteiger partial charge in [0.05, 0.1) is 5.88 Å². The highest BCUT2D eigenvalue weighted by Gasteiger charge is 2.17. The van der Waals surface area contributed by atoms with Crippen molar-refractivity contribution in [1.29, 1.82) is 0 Å². The van der Waals surface area contributed by atoms with Gasteiger partial charge in [-0.2, -0.15) is 0 Å². The molecule has 1 aromatic rings. The van der Waals surface area contributed by atoms with Crippen LogP contribution in [0.25, 0.3) is 0 Å². The summed E-state index contributed by atoms with van der Waals surface area (Å²) in [7, 11) is 0. The Balaban J connectivity index is 2.20. The van der Waals surface area contributed by atoms with E-state index in [0.717, 1.165) is 11.4 Å². The molecule has 0 saturated carbocycles. The molecule has 0 amide bonds. The zero-order chi connectivity index (χ0) is 9.97. The molecule has 0 saturated heterocycles. The van der Waals surface area contributed by atoms with E-state index in [2.05, 4.69) is 10.5 Å². The Bertz CT molecular complexity index is 348. The molecule has 0 bridgehead atoms. The second-order valence-corrected chi connectivity index (χ2v) is 3.48. The Morgan fingerprint density at radius 3 is 2.71 bits per heavy atom. The van der Waals surface area contributed by atoms with E-state index < -0.39 is 0 Å². The summed E-state index contributed by atoms with van der Waals surface area (Å²) in [5.74, 6) is 1.11. The molecule has 1 N–H and O–H groups in total. The summed E-state index contributed by atoms with van der Waals surface area (Å²) in [6, 6.07) is 8.07. The molecule has 74 valence electrons. The fourth-order valence-electron chi connectivity index (χ4n) is 1.23. The molecule has 1 aliphatic heterocycles. The summed E-state index contributed by atoms with van der Waals surface area (Å²) in [6.07, 6.45) is -0.270. The number of nitrogens with zero attached hydrogens (tertiary/aromatic N) is 1. The van der Waals surface area contributed by atoms with Gasteiger partial charge in [-0.05, 0) is 6.92 Å². The molecule has 1 aliphatic rings. The highest BCUT2D eigenvalue weighted by atomic mass is 35.5. The second kappa shape index (κ2) is 3.98. The minimum Gasteiger partial charge on any atom is -0.246 e. The first-order chi connectivity index (χ1) is 6.79. The van der Waals surface area contributed by atoms with E-state index in [9.17, 15) is 0 Å². The van der Waals surface area contributed by atoms with E-state index in [0.29, 0.717) is 5.88 Å². The van der Waals surface area contributed by atoms with Crippen molar-refractivity contribution < 1.29 is 4.84 Å². The molecule has 0 spiro atoms. The summed E-state index contributed by atoms with van der Waals surface area (Å²) >= 11 is 5.61. The van der Waals surface area contributed by atoms with Crippen LogP contribution in [0.3, 0.4) is 0 Å². The van der Waals surface area contributed by atoms with E-state index in [1.807, 2.05) is 31.2 Å². The minimum atomic E-state index is -0.270. The molecular formula is C10H11ClN2O. The van der Waals surface area contributed by atoms with Crippen LogP contribution >= 0.6 is 11.6 Å². The minimum absolute atomic E-state index is 0.270. The van der Waals surface area contributed by atoms with Crippen LogP contribution in [-0.4, -0.2) is 17.9 Å². The molecule has 0 aliphatic carbocycles. The third-order valence-electron chi connectivity index (χ3n) is 2.02. The molecule has 0 fully saturated rings. The second-order valence-electron chi connectivity index (χ2n) is 3.17. The van der Waals surface area contributed by atoms with Crippen LogP contribution in [0.4, 0.5) is 0 Å². The van der Waals surface area contributed by atoms with Gasteiger partial charge in [0.15, 0.2) is 12.1 Å². The lowest BCUT2D eigenvalue weighted by molar-refractivity contribution is 0.0525. The first-order valence-corrected chi connectivity index (χ1v) is 4.95. The van der Waals surface area contributed by atoms with Gasteiger partial charge >= 0.3 is 0 Å². The van der Waals surface area contributed by atoms with Gasteiger partial charge in [0, 0.05) is 5.56 Å². The molecule has 0 aromatic heterocycles. The Kier molecular flexibility index (Phi) is 2.70. The van der Waals surface area contributed by atoms with Crippen molar-refractivity contribution in [2.24, 2.45) is 4.99 Å². The number of rotatable bonds is 2. The van der Waals surface area contributed by atoms with Crippen LogP contribution in [0.15, 0.2) is 29.3 Å². The largest absolute Gasteiger partial charge is 0.246 e. The number of hydrogen-bond acceptors (Lipinski definition) is 3. The average Bonchev–Trinajstić information content (AvgIpc) is 2.67. The van der Waals surface area contributed by atoms with E-state index in [-0.39, 0.29) is 6.23 Å². The van der Waals surface area contributed by atoms with Crippen LogP contribution < -0.4 is 5.48 Å². The lowest BCUT2D eigenvalue weighted by atomic mass is 10.1. The Hall–Kier alpha value is -1.06. The molecule has 1 unspecified atom stereocenters. The van der Waals surface area contributed by atoms with Gasteiger partial charge in [-0.15, -0.1) is 11.6 Å². The fourth-order valence-corrected chi connectivity index (χ4v) is 1.36. The molecule has 0 radical (unpaired) electrons. The van der Waals surface area contributed by atoms with Gasteiger partial charge in [0.25, 0.3) is 0 Å². The van der Waals surface area contributed by atoms with Crippen LogP contribution in [0.1, 0.15) is 11.1 Å². The monoisotopic (exact) mass is 210 g/mol. The van der Waals surface area contributed by atoms with Gasteiger partial charge < -0.3 is 0 Å². The van der Waals surface area contributed by atoms with Crippen molar-refractivity contribution in [3.05, 3.63) is 35.4 Å². The number of nitrogens with one attached hydrogen (secondary N) is 1. The number of benzene rings is 1. The predicted molar refractivity (Wildman–Crippen MR) is 56.4 cm³/mol. The zero-order valence-electron chi connectivity index (χ0n) is 7.83. The fraction of sp³-hybridized carbons (Fsp3) is 0.300. The summed E-state index contributed by atoms with van der Waals surface area (Å²) in [6.45, 7) is 2.05. The van der Waals surface area contributed by atoms with Crippen molar-refractivity contribution in [3.8, 4) is 0 Å². The van der Waals surface area contributed by atoms with Crippen molar-refractivity contribution in [2.45, 2.75) is 13.2 Å². The van der Waals surface area contributed by atoms with Gasteiger partial charge in [0.2, 0.25) is 0 Å². The number of aliphatic imine (C=N–C) groups is 1. The quantitative estimate of drug-likeness (QED) is 0.756. The maximum Gasteiger partial charge on any atom is 0.190 e. The maximum atomic E-state index is 5.61. The van der Waals surface area contributed by atoms with Crippen molar-refractivity contribution in [1.82, 2.24) is 5.48 Å². The Morgan fingerprint density at radius 1 is 1.43 bits per heavy atom. The highest BCUT2D eigenvalue weighted by molar-refractivity contribution is 6.18. The van der Waals surface area contributed by atoms with Crippen molar-refractivity contribution in [3.63, 3.8) is 0 Å². The van der Waals surface area contributed by atoms with E-state index in [1.54, 1.807) is 0 Å². The summed E-state index contributed by atoms with van der Waals surface area (Å²) in [5, 5.41) is 0. The van der Waals surface area contributed by atoms with Crippen molar-refractivity contribution in [2.75, 3.05) is 5.88 Å². The lowest BCUT2D eigenvalue weighted by Crippen LogP contribution is -2.19. The molecular weight excluding hydrogens is 200 g/mol. The Labute approximate surface area is 87.7 Å². The van der Waals surface area contributed by atoms with Gasteiger partial charge in [-0.25, -0.2) is 15.3 Å². The van der Waals surface area contributed by atoms with Gasteiger partial charge in [0.1, 0.15) is 0 Å². The SMILES string of the molecule is Cc1ccc(C2=NC(CCl)ON2)cc1. The number of aryl methyl sites for hydroxylation is 1. The normalized spacial score (nSPS) is 20.4. The third-order valence-corrected chi connectivity index (χ3v) is 2.29. The molecule has 1 aromatic carbocycles. The van der Waals surface area contributed by atoms with E-state index in [1.165, 1.54) is 5.56 Å². The predicted octanol–water partition coefficient (Wildman–Crippen LogP) is 1.84. The van der Waals surface area contributed by atoms with E-state index >= 15 is 0 Å². The summed E-state index contributed by atoms with van der Waals surface area (Å²) in [5.41, 5.74) is 5.00. The number of halogens is 1. The number of alkyl halides is 1. The number of hydrogen-bond donors (Lipinski definition) is 1. The van der Waals surface area contributed by atoms with Gasteiger partial charge in [-0.3, -0.25) is 0 Å². The molecule has 4 heteroatoms. The standard InChI is InChI=1S/C10H11ClN2O/c1-7-2-4-8(5-3-7)10-12-9(6-11)14-13-10/h2-5,9H,6H2,1H3,(H,12,13). The third kappa shape index (κ3) is 1.89. The smallest absolute Gasteiger partial charge is 0.190 e. The zero-order valence-corrected chi connectivity index (χ0v) is 8.58. The van der Waals surface area contributed by atoms with Crippen LogP contribution in [0.5, 0.6) is 0 Å². The molecule has 2 rings (SSSR count). The summed E-state index contributed by atoms with van der Waals surface area (Å²) in [4.78, 5) is 9.37. The molecule has 3 nitrogen and oxygen atoms in total. The van der Waals surface area contributed by atoms with Crippen LogP contribution in [0.2, 0.25) is 0 Å². The first kappa shape index (κ1) is 9.49. The molecule has 1 atom stereocenters. The van der Waals surface area contributed by atoms with Crippen LogP contribution in [0, 0.1) is 6.92 Å². The van der Waals surface area contributed by atoms with Crippen LogP contribution in [-0.2, 0) is 4.84 Å². The maximum absolute atomic E-state index is 5.61. The number of amidine groups is 1. The van der Waals surface area contributed by atoms with E-state index in [4.69, 9.17) is 16.4 Å². The summed E-state index contributed by atoms with van der Waals surface area (Å²) < 4.78 is 0.